The van der Waals surface area contributed by atoms with Gasteiger partial charge in [0.1, 0.15) is 0 Å². The van der Waals surface area contributed by atoms with Crippen LogP contribution < -0.4 is 14.2 Å². The van der Waals surface area contributed by atoms with Gasteiger partial charge in [-0.2, -0.15) is 9.97 Å². The summed E-state index contributed by atoms with van der Waals surface area (Å²) < 4.78 is 58.2. The second-order valence-corrected chi connectivity index (χ2v) is 6.59. The average Bonchev–Trinajstić information content (AvgIpc) is 2.79. The topological polar surface area (TPSA) is 100 Å². The number of ether oxygens (including phenoxy) is 4. The number of hydrogen-bond donors (Lipinski definition) is 1. The van der Waals surface area contributed by atoms with Crippen LogP contribution in [0.1, 0.15) is 11.1 Å². The normalized spacial score (nSPS) is 12.6. The summed E-state index contributed by atoms with van der Waals surface area (Å²) in [5.41, 5.74) is -0.882. The summed E-state index contributed by atoms with van der Waals surface area (Å²) in [5, 5.41) is 10.1. The van der Waals surface area contributed by atoms with Crippen molar-refractivity contribution in [2.24, 2.45) is 0 Å². The van der Waals surface area contributed by atoms with Crippen molar-refractivity contribution in [2.45, 2.75) is 18.1 Å². The van der Waals surface area contributed by atoms with Crippen LogP contribution in [0.3, 0.4) is 0 Å². The zero-order valence-corrected chi connectivity index (χ0v) is 17.4. The van der Waals surface area contributed by atoms with Crippen molar-refractivity contribution in [3.8, 4) is 17.8 Å². The Morgan fingerprint density at radius 1 is 0.909 bits per heavy atom. The number of nitrogens with zero attached hydrogens (tertiary/aromatic N) is 2. The number of aliphatic carboxylic acids is 1. The molecule has 0 aliphatic rings. The Balaban J connectivity index is 2.15. The fourth-order valence-electron chi connectivity index (χ4n) is 3.31. The number of benzene rings is 2. The van der Waals surface area contributed by atoms with Crippen LogP contribution in [0.2, 0.25) is 0 Å². The van der Waals surface area contributed by atoms with E-state index >= 15 is 0 Å². The van der Waals surface area contributed by atoms with Gasteiger partial charge in [0.05, 0.1) is 13.2 Å². The number of carbonyl (C=O) groups is 1. The molecule has 0 fully saturated rings. The number of aromatic nitrogens is 2. The molecule has 0 saturated heterocycles. The van der Waals surface area contributed by atoms with E-state index in [0.29, 0.717) is 11.1 Å². The van der Waals surface area contributed by atoms with Crippen LogP contribution in [0, 0.1) is 0 Å². The predicted octanol–water partition coefficient (Wildman–Crippen LogP) is 3.81. The Morgan fingerprint density at radius 2 is 1.42 bits per heavy atom. The van der Waals surface area contributed by atoms with Crippen LogP contribution >= 0.6 is 0 Å². The summed E-state index contributed by atoms with van der Waals surface area (Å²) >= 11 is 0. The van der Waals surface area contributed by atoms with E-state index in [0.717, 1.165) is 13.2 Å². The molecule has 8 nitrogen and oxygen atoms in total. The second kappa shape index (κ2) is 9.74. The van der Waals surface area contributed by atoms with Crippen molar-refractivity contribution in [1.82, 2.24) is 9.97 Å². The summed E-state index contributed by atoms with van der Waals surface area (Å²) in [6.07, 6.45) is -6.87. The minimum absolute atomic E-state index is 0.328. The largest absolute Gasteiger partial charge is 0.574 e. The molecule has 0 unspecified atom stereocenters. The highest BCUT2D eigenvalue weighted by Crippen LogP contribution is 2.39. The molecule has 0 amide bonds. The third-order valence-corrected chi connectivity index (χ3v) is 4.63. The first kappa shape index (κ1) is 23.8. The smallest absolute Gasteiger partial charge is 0.481 e. The van der Waals surface area contributed by atoms with E-state index in [9.17, 15) is 23.1 Å². The highest BCUT2D eigenvalue weighted by atomic mass is 19.4. The van der Waals surface area contributed by atoms with Gasteiger partial charge in [-0.1, -0.05) is 60.7 Å². The van der Waals surface area contributed by atoms with Crippen LogP contribution in [0.15, 0.2) is 66.7 Å². The molecule has 1 aromatic heterocycles. The lowest BCUT2D eigenvalue weighted by molar-refractivity contribution is -0.276. The van der Waals surface area contributed by atoms with Gasteiger partial charge in [0.2, 0.25) is 17.9 Å². The van der Waals surface area contributed by atoms with Gasteiger partial charge in [-0.05, 0) is 11.1 Å². The van der Waals surface area contributed by atoms with Crippen LogP contribution in [0.4, 0.5) is 13.2 Å². The van der Waals surface area contributed by atoms with Gasteiger partial charge in [0.25, 0.3) is 0 Å². The molecule has 0 radical (unpaired) electrons. The molecule has 1 atom stereocenters. The molecule has 0 aliphatic heterocycles. The van der Waals surface area contributed by atoms with E-state index in [1.165, 1.54) is 7.11 Å². The van der Waals surface area contributed by atoms with Gasteiger partial charge in [-0.15, -0.1) is 13.2 Å². The van der Waals surface area contributed by atoms with Crippen molar-refractivity contribution in [3.63, 3.8) is 0 Å². The SMILES string of the molecule is COc1cc(OC(F)(F)F)nc(O[C@H](C(=O)O)C(OC)(c2ccccc2)c2ccccc2)n1. The fourth-order valence-corrected chi connectivity index (χ4v) is 3.31. The number of halogens is 3. The zero-order chi connectivity index (χ0) is 24.1. The van der Waals surface area contributed by atoms with Crippen LogP contribution in [0.25, 0.3) is 0 Å². The molecule has 3 aromatic rings. The lowest BCUT2D eigenvalue weighted by Gasteiger charge is -2.37. The molecule has 33 heavy (non-hydrogen) atoms. The molecule has 0 aliphatic carbocycles. The first-order chi connectivity index (χ1) is 15.7. The van der Waals surface area contributed by atoms with Gasteiger partial charge < -0.3 is 24.1 Å². The lowest BCUT2D eigenvalue weighted by Crippen LogP contribution is -2.50. The predicted molar refractivity (Wildman–Crippen MR) is 108 cm³/mol. The van der Waals surface area contributed by atoms with Gasteiger partial charge in [0.15, 0.2) is 5.60 Å². The maximum absolute atomic E-state index is 12.7. The van der Waals surface area contributed by atoms with Gasteiger partial charge in [-0.25, -0.2) is 4.79 Å². The van der Waals surface area contributed by atoms with Crippen LogP contribution in [0.5, 0.6) is 17.8 Å². The molecule has 1 heterocycles. The number of hydrogen-bond acceptors (Lipinski definition) is 7. The second-order valence-electron chi connectivity index (χ2n) is 6.59. The summed E-state index contributed by atoms with van der Waals surface area (Å²) in [5.74, 6) is -2.74. The summed E-state index contributed by atoms with van der Waals surface area (Å²) in [4.78, 5) is 19.8. The van der Waals surface area contributed by atoms with Gasteiger partial charge in [0, 0.05) is 7.11 Å². The monoisotopic (exact) mass is 464 g/mol. The Labute approximate surface area is 186 Å². The van der Waals surface area contributed by atoms with Crippen molar-refractivity contribution < 1.29 is 42.0 Å². The molecule has 174 valence electrons. The maximum atomic E-state index is 12.7. The number of alkyl halides is 3. The molecular formula is C22H19F3N2O6. The summed E-state index contributed by atoms with van der Waals surface area (Å²) in [7, 11) is 2.45. The van der Waals surface area contributed by atoms with Crippen molar-refractivity contribution in [2.75, 3.05) is 14.2 Å². The molecule has 0 saturated carbocycles. The van der Waals surface area contributed by atoms with E-state index in [2.05, 4.69) is 14.7 Å². The molecule has 11 heteroatoms. The van der Waals surface area contributed by atoms with Crippen LogP contribution in [-0.2, 0) is 15.1 Å². The number of rotatable bonds is 9. The fraction of sp³-hybridized carbons (Fsp3) is 0.227. The van der Waals surface area contributed by atoms with E-state index in [1.807, 2.05) is 0 Å². The highest BCUT2D eigenvalue weighted by Gasteiger charge is 2.49. The molecule has 0 bridgehead atoms. The first-order valence-corrected chi connectivity index (χ1v) is 9.44. The van der Waals surface area contributed by atoms with Gasteiger partial charge >= 0.3 is 18.3 Å². The van der Waals surface area contributed by atoms with Crippen LogP contribution in [-0.4, -0.2) is 47.7 Å². The summed E-state index contributed by atoms with van der Waals surface area (Å²) in [6, 6.07) is 16.8. The van der Waals surface area contributed by atoms with E-state index in [-0.39, 0.29) is 5.88 Å². The number of carboxylic acids is 1. The quantitative estimate of drug-likeness (QED) is 0.511. The minimum Gasteiger partial charge on any atom is -0.481 e. The summed E-state index contributed by atoms with van der Waals surface area (Å²) in [6.45, 7) is 0. The zero-order valence-electron chi connectivity index (χ0n) is 17.4. The standard InChI is InChI=1S/C22H19F3N2O6/c1-30-16-13-17(33-22(23,24)25)27-20(26-16)32-18(19(28)29)21(31-2,14-9-5-3-6-10-14)15-11-7-4-8-12-15/h3-13,18H,1-2H3,(H,28,29)/t18-/m1/s1. The number of methoxy groups -OCH3 is 2. The van der Waals surface area contributed by atoms with Crippen molar-refractivity contribution in [1.29, 1.82) is 0 Å². The number of carboxylic acid groups (broad SMARTS) is 1. The molecule has 2 aromatic carbocycles. The molecule has 0 spiro atoms. The van der Waals surface area contributed by atoms with E-state index in [4.69, 9.17) is 14.2 Å². The molecule has 1 N–H and O–H groups in total. The lowest BCUT2D eigenvalue weighted by atomic mass is 9.81. The molecular weight excluding hydrogens is 445 g/mol. The Morgan fingerprint density at radius 3 is 1.85 bits per heavy atom. The molecule has 3 rings (SSSR count). The minimum atomic E-state index is -5.05. The third kappa shape index (κ3) is 5.32. The van der Waals surface area contributed by atoms with Crippen molar-refractivity contribution >= 4 is 5.97 Å². The van der Waals surface area contributed by atoms with E-state index < -0.39 is 35.9 Å². The van der Waals surface area contributed by atoms with Gasteiger partial charge in [-0.3, -0.25) is 0 Å². The van der Waals surface area contributed by atoms with E-state index in [1.54, 1.807) is 60.7 Å². The Bertz CT molecular complexity index is 1040. The Hall–Kier alpha value is -3.86. The highest BCUT2D eigenvalue weighted by molar-refractivity contribution is 5.76. The Kier molecular flexibility index (Phi) is 7.02. The third-order valence-electron chi connectivity index (χ3n) is 4.63. The maximum Gasteiger partial charge on any atom is 0.574 e. The first-order valence-electron chi connectivity index (χ1n) is 9.44. The van der Waals surface area contributed by atoms with Crippen molar-refractivity contribution in [3.05, 3.63) is 77.9 Å². The average molecular weight is 464 g/mol.